The number of rotatable bonds is 2. The maximum absolute atomic E-state index is 13.2. The van der Waals surface area contributed by atoms with Gasteiger partial charge in [-0.25, -0.2) is 0 Å². The molecule has 0 spiro atoms. The van der Waals surface area contributed by atoms with Crippen LogP contribution in [0.2, 0.25) is 0 Å². The number of aryl methyl sites for hydroxylation is 1. The van der Waals surface area contributed by atoms with Crippen molar-refractivity contribution in [2.45, 2.75) is 31.6 Å². The van der Waals surface area contributed by atoms with Gasteiger partial charge in [-0.3, -0.25) is 4.79 Å². The number of ketones is 1. The summed E-state index contributed by atoms with van der Waals surface area (Å²) in [5, 5.41) is 21.1. The van der Waals surface area contributed by atoms with Gasteiger partial charge in [0.1, 0.15) is 5.75 Å². The highest BCUT2D eigenvalue weighted by Crippen LogP contribution is 2.49. The number of benzene rings is 1. The lowest BCUT2D eigenvalue weighted by atomic mass is 9.73. The van der Waals surface area contributed by atoms with E-state index in [0.29, 0.717) is 12.3 Å². The molecule has 2 unspecified atom stereocenters. The number of hydrogen-bond acceptors (Lipinski definition) is 6. The van der Waals surface area contributed by atoms with Crippen LogP contribution in [0.4, 0.5) is 5.88 Å². The first kappa shape index (κ1) is 16.3. The summed E-state index contributed by atoms with van der Waals surface area (Å²) in [6, 6.07) is 9.19. The molecule has 6 heteroatoms. The number of nitrogens with one attached hydrogen (secondary N) is 1. The number of aromatic hydroxyl groups is 1. The minimum atomic E-state index is -0.123. The van der Waals surface area contributed by atoms with Crippen LogP contribution in [0.3, 0.4) is 0 Å². The zero-order valence-electron chi connectivity index (χ0n) is 14.7. The van der Waals surface area contributed by atoms with Crippen LogP contribution in [0.15, 0.2) is 56.9 Å². The smallest absolute Gasteiger partial charge is 0.233 e. The van der Waals surface area contributed by atoms with Gasteiger partial charge in [-0.1, -0.05) is 17.3 Å². The van der Waals surface area contributed by atoms with Crippen molar-refractivity contribution in [2.24, 2.45) is 0 Å². The molecule has 3 aromatic rings. The largest absolute Gasteiger partial charge is 0.508 e. The molecule has 1 aliphatic heterocycles. The van der Waals surface area contributed by atoms with Gasteiger partial charge in [0.2, 0.25) is 5.88 Å². The van der Waals surface area contributed by atoms with Gasteiger partial charge in [0, 0.05) is 23.6 Å². The highest BCUT2D eigenvalue weighted by Gasteiger charge is 2.41. The van der Waals surface area contributed by atoms with E-state index in [2.05, 4.69) is 21.9 Å². The molecule has 5 nitrogen and oxygen atoms in total. The van der Waals surface area contributed by atoms with Crippen molar-refractivity contribution in [3.63, 3.8) is 0 Å². The lowest BCUT2D eigenvalue weighted by Crippen LogP contribution is -2.29. The van der Waals surface area contributed by atoms with Crippen molar-refractivity contribution < 1.29 is 14.4 Å². The molecule has 0 bridgehead atoms. The summed E-state index contributed by atoms with van der Waals surface area (Å²) in [5.74, 6) is 0.988. The molecule has 0 saturated carbocycles. The van der Waals surface area contributed by atoms with Gasteiger partial charge < -0.3 is 14.9 Å². The monoisotopic (exact) mass is 378 g/mol. The molecule has 2 aromatic heterocycles. The molecule has 2 atom stereocenters. The average molecular weight is 378 g/mol. The predicted octanol–water partition coefficient (Wildman–Crippen LogP) is 4.71. The molecule has 27 heavy (non-hydrogen) atoms. The van der Waals surface area contributed by atoms with E-state index < -0.39 is 0 Å². The van der Waals surface area contributed by atoms with Gasteiger partial charge in [0.15, 0.2) is 5.78 Å². The number of aromatic nitrogens is 1. The molecule has 0 amide bonds. The maximum Gasteiger partial charge on any atom is 0.233 e. The van der Waals surface area contributed by atoms with Crippen LogP contribution in [0.5, 0.6) is 5.75 Å². The van der Waals surface area contributed by atoms with E-state index in [1.165, 1.54) is 0 Å². The highest BCUT2D eigenvalue weighted by atomic mass is 32.1. The van der Waals surface area contributed by atoms with Gasteiger partial charge >= 0.3 is 0 Å². The summed E-state index contributed by atoms with van der Waals surface area (Å²) in [6.07, 6.45) is 1.19. The van der Waals surface area contributed by atoms with Crippen LogP contribution >= 0.6 is 11.3 Å². The van der Waals surface area contributed by atoms with E-state index in [1.807, 2.05) is 24.4 Å². The molecule has 5 rings (SSSR count). The summed E-state index contributed by atoms with van der Waals surface area (Å²) >= 11 is 1.63. The Balaban J connectivity index is 1.60. The number of carbonyl (C=O) groups is 1. The second-order valence-electron chi connectivity index (χ2n) is 7.14. The van der Waals surface area contributed by atoms with Gasteiger partial charge in [0.05, 0.1) is 11.3 Å². The normalized spacial score (nSPS) is 21.6. The zero-order valence-corrected chi connectivity index (χ0v) is 15.5. The zero-order chi connectivity index (χ0) is 18.5. The quantitative estimate of drug-likeness (QED) is 0.675. The fraction of sp³-hybridized carbons (Fsp3) is 0.238. The molecular formula is C21H18N2O3S. The van der Waals surface area contributed by atoms with Crippen molar-refractivity contribution in [3.05, 3.63) is 74.7 Å². The van der Waals surface area contributed by atoms with E-state index in [4.69, 9.17) is 4.52 Å². The highest BCUT2D eigenvalue weighted by molar-refractivity contribution is 7.08. The number of phenolic OH excluding ortho intramolecular Hbond substituents is 1. The third-order valence-corrected chi connectivity index (χ3v) is 6.20. The number of phenols is 1. The number of nitrogens with zero attached hydrogens (tertiary/aromatic N) is 1. The molecule has 0 radical (unpaired) electrons. The number of hydrogen-bond donors (Lipinski definition) is 2. The van der Waals surface area contributed by atoms with Gasteiger partial charge in [-0.05, 0) is 59.3 Å². The lowest BCUT2D eigenvalue weighted by Gasteiger charge is -2.34. The number of carbonyl (C=O) groups excluding carboxylic acids is 1. The third kappa shape index (κ3) is 2.59. The van der Waals surface area contributed by atoms with Gasteiger partial charge in [0.25, 0.3) is 0 Å². The number of Topliss-reactive ketones (excluding diaryl/α,β-unsaturated/α-hetero) is 1. The van der Waals surface area contributed by atoms with Crippen molar-refractivity contribution in [1.29, 1.82) is 0 Å². The van der Waals surface area contributed by atoms with E-state index >= 15 is 0 Å². The van der Waals surface area contributed by atoms with Crippen molar-refractivity contribution in [2.75, 3.05) is 5.32 Å². The summed E-state index contributed by atoms with van der Waals surface area (Å²) in [5.41, 5.74) is 5.70. The van der Waals surface area contributed by atoms with Crippen LogP contribution in [0.1, 0.15) is 47.1 Å². The van der Waals surface area contributed by atoms with E-state index in [-0.39, 0.29) is 23.4 Å². The molecule has 136 valence electrons. The van der Waals surface area contributed by atoms with Crippen molar-refractivity contribution >= 4 is 23.0 Å². The average Bonchev–Trinajstić information content (AvgIpc) is 3.31. The Morgan fingerprint density at radius 2 is 2.00 bits per heavy atom. The number of fused-ring (bicyclic) bond motifs is 1. The molecule has 3 heterocycles. The first-order chi connectivity index (χ1) is 13.1. The summed E-state index contributed by atoms with van der Waals surface area (Å²) in [6.45, 7) is 1.92. The number of thiophene rings is 1. The lowest BCUT2D eigenvalue weighted by molar-refractivity contribution is -0.116. The van der Waals surface area contributed by atoms with Crippen LogP contribution in [-0.2, 0) is 4.79 Å². The minimum Gasteiger partial charge on any atom is -0.508 e. The topological polar surface area (TPSA) is 75.4 Å². The van der Waals surface area contributed by atoms with Crippen molar-refractivity contribution in [3.8, 4) is 5.75 Å². The third-order valence-electron chi connectivity index (χ3n) is 5.50. The molecular weight excluding hydrogens is 360 g/mol. The Labute approximate surface area is 160 Å². The van der Waals surface area contributed by atoms with Gasteiger partial charge in [-0.2, -0.15) is 11.3 Å². The number of anilines is 1. The number of allylic oxidation sites excluding steroid dienone is 2. The Hall–Kier alpha value is -2.86. The molecule has 2 aliphatic rings. The minimum absolute atomic E-state index is 0.0815. The van der Waals surface area contributed by atoms with E-state index in [1.54, 1.807) is 23.5 Å². The Bertz CT molecular complexity index is 1050. The fourth-order valence-corrected chi connectivity index (χ4v) is 4.91. The van der Waals surface area contributed by atoms with Crippen LogP contribution < -0.4 is 5.32 Å². The molecule has 1 aromatic carbocycles. The Kier molecular flexibility index (Phi) is 3.68. The van der Waals surface area contributed by atoms with Crippen molar-refractivity contribution in [1.82, 2.24) is 5.16 Å². The molecule has 1 aliphatic carbocycles. The fourth-order valence-electron chi connectivity index (χ4n) is 4.23. The Morgan fingerprint density at radius 1 is 1.19 bits per heavy atom. The standard InChI is InChI=1S/C21H18N2O3S/c1-11-18-19(13-6-7-27-10-13)20-16(22-21(18)26-23-11)8-14(9-17(20)25)12-2-4-15(24)5-3-12/h2-7,10,14,19,22,24H,8-9H2,1H3. The second-order valence-corrected chi connectivity index (χ2v) is 7.92. The first-order valence-corrected chi connectivity index (χ1v) is 9.86. The van der Waals surface area contributed by atoms with E-state index in [9.17, 15) is 9.90 Å². The second kappa shape index (κ2) is 6.09. The SMILES string of the molecule is Cc1noc2c1C(c1ccsc1)C1=C(CC(c3ccc(O)cc3)CC1=O)N2. The Morgan fingerprint density at radius 3 is 2.74 bits per heavy atom. The summed E-state index contributed by atoms with van der Waals surface area (Å²) in [7, 11) is 0. The van der Waals surface area contributed by atoms with E-state index in [0.717, 1.165) is 40.1 Å². The van der Waals surface area contributed by atoms with Crippen LogP contribution in [0, 0.1) is 6.92 Å². The first-order valence-electron chi connectivity index (χ1n) is 8.92. The van der Waals surface area contributed by atoms with Crippen LogP contribution in [-0.4, -0.2) is 16.0 Å². The summed E-state index contributed by atoms with van der Waals surface area (Å²) < 4.78 is 5.52. The molecule has 2 N–H and O–H groups in total. The summed E-state index contributed by atoms with van der Waals surface area (Å²) in [4.78, 5) is 13.2. The van der Waals surface area contributed by atoms with Gasteiger partial charge in [-0.15, -0.1) is 0 Å². The maximum atomic E-state index is 13.2. The molecule has 0 saturated heterocycles. The predicted molar refractivity (Wildman–Crippen MR) is 103 cm³/mol. The van der Waals surface area contributed by atoms with Crippen LogP contribution in [0.25, 0.3) is 0 Å². The molecule has 0 fully saturated rings.